The fourth-order valence-electron chi connectivity index (χ4n) is 2.46. The van der Waals surface area contributed by atoms with E-state index in [9.17, 15) is 4.79 Å². The van der Waals surface area contributed by atoms with Crippen LogP contribution in [0, 0.1) is 0 Å². The lowest BCUT2D eigenvalue weighted by Crippen LogP contribution is -2.04. The molecule has 2 heterocycles. The number of nitrogens with zero attached hydrogens (tertiary/aromatic N) is 4. The van der Waals surface area contributed by atoms with E-state index in [0.717, 1.165) is 42.8 Å². The summed E-state index contributed by atoms with van der Waals surface area (Å²) in [4.78, 5) is 17.1. The van der Waals surface area contributed by atoms with E-state index in [4.69, 9.17) is 0 Å². The molecule has 0 bridgehead atoms. The van der Waals surface area contributed by atoms with Crippen LogP contribution in [-0.4, -0.2) is 26.3 Å². The highest BCUT2D eigenvalue weighted by Gasteiger charge is 2.20. The molecule has 0 amide bonds. The molecule has 0 N–H and O–H groups in total. The fourth-order valence-corrected chi connectivity index (χ4v) is 3.58. The molecule has 6 heteroatoms. The molecule has 1 aliphatic rings. The van der Waals surface area contributed by atoms with Crippen molar-refractivity contribution in [3.63, 3.8) is 0 Å². The van der Waals surface area contributed by atoms with Crippen LogP contribution in [0.25, 0.3) is 5.13 Å². The third-order valence-corrected chi connectivity index (χ3v) is 4.54. The first-order chi connectivity index (χ1) is 9.33. The van der Waals surface area contributed by atoms with Gasteiger partial charge in [0, 0.05) is 4.88 Å². The van der Waals surface area contributed by atoms with Crippen LogP contribution in [0.2, 0.25) is 0 Å². The van der Waals surface area contributed by atoms with Crippen LogP contribution in [0.15, 0.2) is 0 Å². The zero-order valence-electron chi connectivity index (χ0n) is 10.9. The summed E-state index contributed by atoms with van der Waals surface area (Å²) >= 11 is 1.69. The van der Waals surface area contributed by atoms with E-state index in [2.05, 4.69) is 22.2 Å². The number of hydrogen-bond donors (Lipinski definition) is 0. The van der Waals surface area contributed by atoms with Gasteiger partial charge in [0.15, 0.2) is 6.29 Å². The Bertz CT molecular complexity index is 578. The number of carbonyl (C=O) groups excluding carboxylic acids is 1. The molecule has 0 aliphatic heterocycles. The van der Waals surface area contributed by atoms with Gasteiger partial charge in [-0.1, -0.05) is 29.9 Å². The quantitative estimate of drug-likeness (QED) is 0.804. The van der Waals surface area contributed by atoms with Gasteiger partial charge in [-0.3, -0.25) is 4.79 Å². The van der Waals surface area contributed by atoms with E-state index in [1.165, 1.54) is 23.4 Å². The Morgan fingerprint density at radius 3 is 2.95 bits per heavy atom. The number of thiazole rings is 1. The monoisotopic (exact) mass is 276 g/mol. The minimum Gasteiger partial charge on any atom is -0.296 e. The van der Waals surface area contributed by atoms with Gasteiger partial charge in [-0.2, -0.15) is 4.68 Å². The van der Waals surface area contributed by atoms with Crippen LogP contribution >= 0.6 is 11.3 Å². The Labute approximate surface area is 115 Å². The lowest BCUT2D eigenvalue weighted by Gasteiger charge is -2.06. The maximum absolute atomic E-state index is 11.0. The van der Waals surface area contributed by atoms with Crippen molar-refractivity contribution >= 4 is 17.6 Å². The van der Waals surface area contributed by atoms with E-state index in [0.29, 0.717) is 5.69 Å². The average molecular weight is 276 g/mol. The minimum absolute atomic E-state index is 0.440. The van der Waals surface area contributed by atoms with E-state index in [-0.39, 0.29) is 0 Å². The van der Waals surface area contributed by atoms with E-state index in [1.807, 2.05) is 0 Å². The Morgan fingerprint density at radius 1 is 1.37 bits per heavy atom. The van der Waals surface area contributed by atoms with Crippen molar-refractivity contribution in [3.05, 3.63) is 22.0 Å². The number of fused-ring (bicyclic) bond motifs is 1. The fraction of sp³-hybridized carbons (Fsp3) is 0.538. The first-order valence-corrected chi connectivity index (χ1v) is 7.53. The van der Waals surface area contributed by atoms with Crippen molar-refractivity contribution in [2.45, 2.75) is 45.4 Å². The maximum Gasteiger partial charge on any atom is 0.212 e. The highest BCUT2D eigenvalue weighted by molar-refractivity contribution is 7.14. The summed E-state index contributed by atoms with van der Waals surface area (Å²) in [6.07, 6.45) is 7.17. The Kier molecular flexibility index (Phi) is 3.42. The van der Waals surface area contributed by atoms with Gasteiger partial charge in [-0.05, 0) is 32.1 Å². The lowest BCUT2D eigenvalue weighted by molar-refractivity contribution is 0.111. The van der Waals surface area contributed by atoms with Gasteiger partial charge in [0.2, 0.25) is 5.13 Å². The van der Waals surface area contributed by atoms with Crippen LogP contribution in [0.5, 0.6) is 0 Å². The van der Waals surface area contributed by atoms with Gasteiger partial charge in [-0.25, -0.2) is 4.98 Å². The first kappa shape index (κ1) is 12.5. The van der Waals surface area contributed by atoms with Crippen LogP contribution in [0.3, 0.4) is 0 Å². The highest BCUT2D eigenvalue weighted by atomic mass is 32.1. The molecule has 100 valence electrons. The molecule has 2 aromatic heterocycles. The molecule has 0 spiro atoms. The normalized spacial score (nSPS) is 14.4. The van der Waals surface area contributed by atoms with Gasteiger partial charge >= 0.3 is 0 Å². The number of aryl methyl sites for hydroxylation is 2. The predicted octanol–water partition coefficient (Wildman–Crippen LogP) is 2.37. The molecule has 2 aromatic rings. The van der Waals surface area contributed by atoms with E-state index in [1.54, 1.807) is 16.0 Å². The molecular weight excluding hydrogens is 260 g/mol. The van der Waals surface area contributed by atoms with E-state index >= 15 is 0 Å². The molecule has 0 saturated heterocycles. The zero-order chi connectivity index (χ0) is 13.2. The summed E-state index contributed by atoms with van der Waals surface area (Å²) in [7, 11) is 0. The zero-order valence-corrected chi connectivity index (χ0v) is 11.7. The van der Waals surface area contributed by atoms with E-state index < -0.39 is 0 Å². The second kappa shape index (κ2) is 5.21. The van der Waals surface area contributed by atoms with Gasteiger partial charge < -0.3 is 0 Å². The Morgan fingerprint density at radius 2 is 2.21 bits per heavy atom. The summed E-state index contributed by atoms with van der Waals surface area (Å²) in [5.74, 6) is 0. The van der Waals surface area contributed by atoms with Crippen LogP contribution in [-0.2, 0) is 19.3 Å². The number of aromatic nitrogens is 4. The Hall–Kier alpha value is -1.56. The van der Waals surface area contributed by atoms with Gasteiger partial charge in [0.1, 0.15) is 5.69 Å². The summed E-state index contributed by atoms with van der Waals surface area (Å²) in [6.45, 7) is 2.08. The predicted molar refractivity (Wildman–Crippen MR) is 73.1 cm³/mol. The van der Waals surface area contributed by atoms with Crippen LogP contribution < -0.4 is 0 Å². The molecule has 0 radical (unpaired) electrons. The second-order valence-corrected chi connectivity index (χ2v) is 5.84. The smallest absolute Gasteiger partial charge is 0.212 e. The van der Waals surface area contributed by atoms with Crippen molar-refractivity contribution in [1.29, 1.82) is 0 Å². The number of aldehydes is 1. The third kappa shape index (κ3) is 2.20. The topological polar surface area (TPSA) is 60.7 Å². The molecule has 1 aliphatic carbocycles. The lowest BCUT2D eigenvalue weighted by atomic mass is 10.0. The standard InChI is InChI=1S/C13H16N4OS/c1-2-5-11-10(8-18)15-16-17(11)13-14-9-6-3-4-7-12(9)19-13/h8H,2-7H2,1H3. The third-order valence-electron chi connectivity index (χ3n) is 3.41. The number of rotatable bonds is 4. The Balaban J connectivity index is 2.03. The summed E-state index contributed by atoms with van der Waals surface area (Å²) in [6, 6.07) is 0. The molecule has 0 fully saturated rings. The largest absolute Gasteiger partial charge is 0.296 e. The average Bonchev–Trinajstić information content (AvgIpc) is 3.01. The SMILES string of the molecule is CCCc1c(C=O)nnn1-c1nc2c(s1)CCCC2. The van der Waals surface area contributed by atoms with Gasteiger partial charge in [-0.15, -0.1) is 5.10 Å². The molecule has 0 saturated carbocycles. The first-order valence-electron chi connectivity index (χ1n) is 6.72. The van der Waals surface area contributed by atoms with Crippen molar-refractivity contribution in [2.24, 2.45) is 0 Å². The highest BCUT2D eigenvalue weighted by Crippen LogP contribution is 2.29. The van der Waals surface area contributed by atoms with Crippen LogP contribution in [0.4, 0.5) is 0 Å². The minimum atomic E-state index is 0.440. The second-order valence-electron chi connectivity index (χ2n) is 4.77. The van der Waals surface area contributed by atoms with Crippen molar-refractivity contribution in [2.75, 3.05) is 0 Å². The van der Waals surface area contributed by atoms with Crippen molar-refractivity contribution in [3.8, 4) is 5.13 Å². The molecule has 3 rings (SSSR count). The van der Waals surface area contributed by atoms with Crippen molar-refractivity contribution in [1.82, 2.24) is 20.0 Å². The number of hydrogen-bond acceptors (Lipinski definition) is 5. The molecule has 0 atom stereocenters. The summed E-state index contributed by atoms with van der Waals surface area (Å²) < 4.78 is 1.75. The molecule has 5 nitrogen and oxygen atoms in total. The van der Waals surface area contributed by atoms with Crippen LogP contribution in [0.1, 0.15) is 52.9 Å². The molecule has 0 unspecified atom stereocenters. The van der Waals surface area contributed by atoms with Gasteiger partial charge in [0.25, 0.3) is 0 Å². The summed E-state index contributed by atoms with van der Waals surface area (Å²) in [5, 5.41) is 8.91. The molecule has 0 aromatic carbocycles. The number of carbonyl (C=O) groups is 1. The summed E-state index contributed by atoms with van der Waals surface area (Å²) in [5.41, 5.74) is 2.52. The van der Waals surface area contributed by atoms with Gasteiger partial charge in [0.05, 0.1) is 11.4 Å². The molecule has 19 heavy (non-hydrogen) atoms. The molecular formula is C13H16N4OS. The maximum atomic E-state index is 11.0. The van der Waals surface area contributed by atoms with Crippen molar-refractivity contribution < 1.29 is 4.79 Å².